The molecule has 0 aliphatic carbocycles. The number of halogens is 3. The molecule has 18 heavy (non-hydrogen) atoms. The van der Waals surface area contributed by atoms with Crippen LogP contribution in [0.15, 0.2) is 42.7 Å². The first-order chi connectivity index (χ1) is 8.57. The van der Waals surface area contributed by atoms with Gasteiger partial charge in [-0.05, 0) is 24.3 Å². The molecular weight excluding hydrogens is 243 g/mol. The first kappa shape index (κ1) is 12.3. The summed E-state index contributed by atoms with van der Waals surface area (Å²) in [5.74, 6) is -0.185. The van der Waals surface area contributed by atoms with Gasteiger partial charge in [0.1, 0.15) is 5.82 Å². The average Bonchev–Trinajstić information content (AvgIpc) is 2.37. The van der Waals surface area contributed by atoms with Crippen molar-refractivity contribution in [2.75, 3.05) is 5.32 Å². The zero-order valence-corrected chi connectivity index (χ0v) is 9.28. The summed E-state index contributed by atoms with van der Waals surface area (Å²) in [6.45, 7) is 0.195. The fourth-order valence-corrected chi connectivity index (χ4v) is 1.45. The van der Waals surface area contributed by atoms with E-state index < -0.39 is 11.7 Å². The van der Waals surface area contributed by atoms with Gasteiger partial charge < -0.3 is 5.32 Å². The first-order valence-electron chi connectivity index (χ1n) is 5.23. The predicted octanol–water partition coefficient (Wildman–Crippen LogP) is 3.11. The summed E-state index contributed by atoms with van der Waals surface area (Å²) in [4.78, 5) is 7.72. The van der Waals surface area contributed by atoms with Gasteiger partial charge in [0.2, 0.25) is 0 Å². The minimum atomic E-state index is -4.42. The molecule has 0 fully saturated rings. The van der Waals surface area contributed by atoms with Crippen molar-refractivity contribution in [3.63, 3.8) is 0 Å². The number of rotatable bonds is 3. The molecule has 0 aromatic carbocycles. The molecule has 0 aliphatic rings. The molecule has 6 heteroatoms. The summed E-state index contributed by atoms with van der Waals surface area (Å²) in [5.41, 5.74) is -0.128. The molecule has 0 radical (unpaired) electrons. The van der Waals surface area contributed by atoms with Gasteiger partial charge in [0.05, 0.1) is 17.8 Å². The highest BCUT2D eigenvalue weighted by Crippen LogP contribution is 2.33. The van der Waals surface area contributed by atoms with Gasteiger partial charge in [-0.1, -0.05) is 6.07 Å². The monoisotopic (exact) mass is 253 g/mol. The molecule has 2 heterocycles. The number of hydrogen-bond donors (Lipinski definition) is 1. The van der Waals surface area contributed by atoms with Crippen molar-refractivity contribution in [3.8, 4) is 0 Å². The fourth-order valence-electron chi connectivity index (χ4n) is 1.45. The van der Waals surface area contributed by atoms with Gasteiger partial charge in [-0.3, -0.25) is 4.98 Å². The summed E-state index contributed by atoms with van der Waals surface area (Å²) in [6, 6.07) is 7.49. The van der Waals surface area contributed by atoms with Gasteiger partial charge in [0.15, 0.2) is 0 Å². The lowest BCUT2D eigenvalue weighted by Crippen LogP contribution is -2.12. The molecule has 94 valence electrons. The van der Waals surface area contributed by atoms with Crippen molar-refractivity contribution < 1.29 is 13.2 Å². The van der Waals surface area contributed by atoms with Crippen molar-refractivity contribution >= 4 is 5.82 Å². The molecule has 0 saturated carbocycles. The SMILES string of the molecule is FC(F)(F)c1cccnc1NCc1ccccn1. The molecule has 3 nitrogen and oxygen atoms in total. The Bertz CT molecular complexity index is 511. The number of nitrogens with zero attached hydrogens (tertiary/aromatic N) is 2. The number of anilines is 1. The van der Waals surface area contributed by atoms with Crippen molar-refractivity contribution in [2.24, 2.45) is 0 Å². The highest BCUT2D eigenvalue weighted by Gasteiger charge is 2.33. The summed E-state index contributed by atoms with van der Waals surface area (Å²) < 4.78 is 38.0. The Labute approximate surface area is 102 Å². The molecule has 2 aromatic heterocycles. The van der Waals surface area contributed by atoms with Crippen LogP contribution in [0.4, 0.5) is 19.0 Å². The van der Waals surface area contributed by atoms with Crippen LogP contribution in [0.3, 0.4) is 0 Å². The van der Waals surface area contributed by atoms with E-state index in [0.717, 1.165) is 6.07 Å². The van der Waals surface area contributed by atoms with Gasteiger partial charge in [0, 0.05) is 12.4 Å². The molecule has 0 amide bonds. The van der Waals surface area contributed by atoms with E-state index in [1.54, 1.807) is 24.4 Å². The maximum atomic E-state index is 12.7. The molecule has 0 unspecified atom stereocenters. The minimum Gasteiger partial charge on any atom is -0.364 e. The second-order valence-corrected chi connectivity index (χ2v) is 3.57. The van der Waals surface area contributed by atoms with Crippen molar-refractivity contribution in [1.82, 2.24) is 9.97 Å². The summed E-state index contributed by atoms with van der Waals surface area (Å²) in [5, 5.41) is 2.64. The second kappa shape index (κ2) is 5.03. The maximum absolute atomic E-state index is 12.7. The van der Waals surface area contributed by atoms with E-state index in [1.165, 1.54) is 12.3 Å². The third-order valence-corrected chi connectivity index (χ3v) is 2.28. The van der Waals surface area contributed by atoms with Crippen LogP contribution in [0.25, 0.3) is 0 Å². The summed E-state index contributed by atoms with van der Waals surface area (Å²) >= 11 is 0. The van der Waals surface area contributed by atoms with Gasteiger partial charge in [-0.2, -0.15) is 13.2 Å². The zero-order valence-electron chi connectivity index (χ0n) is 9.28. The lowest BCUT2D eigenvalue weighted by molar-refractivity contribution is -0.137. The summed E-state index contributed by atoms with van der Waals surface area (Å²) in [6.07, 6.45) is -1.52. The molecule has 0 bridgehead atoms. The number of pyridine rings is 2. The van der Waals surface area contributed by atoms with Crippen molar-refractivity contribution in [3.05, 3.63) is 54.0 Å². The van der Waals surface area contributed by atoms with Gasteiger partial charge in [-0.15, -0.1) is 0 Å². The van der Waals surface area contributed by atoms with Gasteiger partial charge in [0.25, 0.3) is 0 Å². The van der Waals surface area contributed by atoms with E-state index in [-0.39, 0.29) is 12.4 Å². The van der Waals surface area contributed by atoms with Crippen LogP contribution in [-0.2, 0) is 12.7 Å². The largest absolute Gasteiger partial charge is 0.419 e. The lowest BCUT2D eigenvalue weighted by atomic mass is 10.2. The minimum absolute atomic E-state index is 0.185. The fraction of sp³-hybridized carbons (Fsp3) is 0.167. The number of nitrogens with one attached hydrogen (secondary N) is 1. The smallest absolute Gasteiger partial charge is 0.364 e. The van der Waals surface area contributed by atoms with E-state index in [1.807, 2.05) is 0 Å². The Hall–Kier alpha value is -2.11. The Balaban J connectivity index is 2.15. The summed E-state index contributed by atoms with van der Waals surface area (Å²) in [7, 11) is 0. The van der Waals surface area contributed by atoms with E-state index in [0.29, 0.717) is 5.69 Å². The van der Waals surface area contributed by atoms with Crippen molar-refractivity contribution in [2.45, 2.75) is 12.7 Å². The number of hydrogen-bond acceptors (Lipinski definition) is 3. The van der Waals surface area contributed by atoms with Crippen LogP contribution in [0.1, 0.15) is 11.3 Å². The molecule has 0 aliphatic heterocycles. The Kier molecular flexibility index (Phi) is 3.45. The standard InChI is InChI=1S/C12H10F3N3/c13-12(14,15)10-5-3-7-17-11(10)18-8-9-4-1-2-6-16-9/h1-7H,8H2,(H,17,18). The van der Waals surface area contributed by atoms with Crippen LogP contribution in [-0.4, -0.2) is 9.97 Å². The van der Waals surface area contributed by atoms with Crippen LogP contribution in [0.2, 0.25) is 0 Å². The molecule has 0 saturated heterocycles. The van der Waals surface area contributed by atoms with E-state index >= 15 is 0 Å². The van der Waals surface area contributed by atoms with Crippen molar-refractivity contribution in [1.29, 1.82) is 0 Å². The quantitative estimate of drug-likeness (QED) is 0.913. The predicted molar refractivity (Wildman–Crippen MR) is 60.8 cm³/mol. The molecule has 2 aromatic rings. The van der Waals surface area contributed by atoms with Crippen LogP contribution >= 0.6 is 0 Å². The first-order valence-corrected chi connectivity index (χ1v) is 5.23. The highest BCUT2D eigenvalue weighted by molar-refractivity contribution is 5.45. The van der Waals surface area contributed by atoms with Crippen LogP contribution in [0, 0.1) is 0 Å². The number of aromatic nitrogens is 2. The molecule has 0 spiro atoms. The van der Waals surface area contributed by atoms with Gasteiger partial charge >= 0.3 is 6.18 Å². The van der Waals surface area contributed by atoms with Crippen LogP contribution < -0.4 is 5.32 Å². The highest BCUT2D eigenvalue weighted by atomic mass is 19.4. The average molecular weight is 253 g/mol. The molecular formula is C12H10F3N3. The second-order valence-electron chi connectivity index (χ2n) is 3.57. The van der Waals surface area contributed by atoms with E-state index in [9.17, 15) is 13.2 Å². The molecule has 1 N–H and O–H groups in total. The normalized spacial score (nSPS) is 11.3. The van der Waals surface area contributed by atoms with Gasteiger partial charge in [-0.25, -0.2) is 4.98 Å². The lowest BCUT2D eigenvalue weighted by Gasteiger charge is -2.12. The maximum Gasteiger partial charge on any atom is 0.419 e. The number of alkyl halides is 3. The molecule has 0 atom stereocenters. The third-order valence-electron chi connectivity index (χ3n) is 2.28. The van der Waals surface area contributed by atoms with E-state index in [2.05, 4.69) is 15.3 Å². The Morgan fingerprint density at radius 3 is 2.44 bits per heavy atom. The van der Waals surface area contributed by atoms with Crippen LogP contribution in [0.5, 0.6) is 0 Å². The van der Waals surface area contributed by atoms with E-state index in [4.69, 9.17) is 0 Å². The Morgan fingerprint density at radius 1 is 1.00 bits per heavy atom. The Morgan fingerprint density at radius 2 is 1.78 bits per heavy atom. The zero-order chi connectivity index (χ0) is 13.0. The topological polar surface area (TPSA) is 37.8 Å². The molecule has 2 rings (SSSR count). The third kappa shape index (κ3) is 2.97.